The number of ether oxygens (including phenoxy) is 1. The molecule has 2 aliphatic rings. The maximum Gasteiger partial charge on any atom is 0.226 e. The minimum absolute atomic E-state index is 0.0145. The van der Waals surface area contributed by atoms with Crippen LogP contribution in [0.5, 0.6) is 5.75 Å². The van der Waals surface area contributed by atoms with Crippen LogP contribution in [0.25, 0.3) is 0 Å². The van der Waals surface area contributed by atoms with Gasteiger partial charge in [-0.15, -0.1) is 0 Å². The Balaban J connectivity index is 1.47. The predicted molar refractivity (Wildman–Crippen MR) is 108 cm³/mol. The molecule has 30 heavy (non-hydrogen) atoms. The number of methoxy groups -OCH3 is 1. The summed E-state index contributed by atoms with van der Waals surface area (Å²) >= 11 is 0. The molecule has 0 radical (unpaired) electrons. The van der Waals surface area contributed by atoms with Crippen molar-refractivity contribution in [1.29, 1.82) is 0 Å². The minimum Gasteiger partial charge on any atom is -0.496 e. The number of rotatable bonds is 7. The van der Waals surface area contributed by atoms with Gasteiger partial charge in [-0.25, -0.2) is 8.78 Å². The lowest BCUT2D eigenvalue weighted by molar-refractivity contribution is -0.140. The molecule has 2 aromatic carbocycles. The Kier molecular flexibility index (Phi) is 5.97. The van der Waals surface area contributed by atoms with Crippen molar-refractivity contribution in [2.45, 2.75) is 38.3 Å². The third kappa shape index (κ3) is 4.30. The Morgan fingerprint density at radius 2 is 2.03 bits per heavy atom. The van der Waals surface area contributed by atoms with E-state index in [1.165, 1.54) is 12.1 Å². The van der Waals surface area contributed by atoms with Crippen molar-refractivity contribution in [3.63, 3.8) is 0 Å². The first-order valence-corrected chi connectivity index (χ1v) is 10.1. The molecule has 1 atom stereocenters. The summed E-state index contributed by atoms with van der Waals surface area (Å²) in [4.78, 5) is 20.2. The van der Waals surface area contributed by atoms with Gasteiger partial charge in [0.05, 0.1) is 19.4 Å². The zero-order valence-electron chi connectivity index (χ0n) is 16.8. The number of benzene rings is 2. The third-order valence-electron chi connectivity index (χ3n) is 5.72. The quantitative estimate of drug-likeness (QED) is 0.679. The number of halogens is 2. The van der Waals surface area contributed by atoms with Gasteiger partial charge in [-0.05, 0) is 31.0 Å². The highest BCUT2D eigenvalue weighted by atomic mass is 19.1. The number of hydrogen-bond acceptors (Lipinski definition) is 4. The molecule has 0 aromatic heterocycles. The van der Waals surface area contributed by atoms with Gasteiger partial charge in [-0.1, -0.05) is 29.8 Å². The predicted octanol–water partition coefficient (Wildman–Crippen LogP) is 4.30. The normalized spacial score (nSPS) is 18.4. The number of para-hydroxylation sites is 1. The zero-order valence-corrected chi connectivity index (χ0v) is 16.8. The molecule has 0 N–H and O–H groups in total. The highest BCUT2D eigenvalue weighted by Crippen LogP contribution is 2.30. The molecule has 0 bridgehead atoms. The van der Waals surface area contributed by atoms with E-state index in [4.69, 9.17) is 9.57 Å². The van der Waals surface area contributed by atoms with Gasteiger partial charge in [0, 0.05) is 36.1 Å². The molecule has 1 fully saturated rings. The second-order valence-corrected chi connectivity index (χ2v) is 7.75. The molecule has 1 saturated carbocycles. The molecule has 0 spiro atoms. The first-order chi connectivity index (χ1) is 14.5. The number of nitrogens with zero attached hydrogens (tertiary/aromatic N) is 2. The van der Waals surface area contributed by atoms with Crippen molar-refractivity contribution in [3.05, 3.63) is 65.2 Å². The number of amides is 1. The lowest BCUT2D eigenvalue weighted by Crippen LogP contribution is -2.42. The van der Waals surface area contributed by atoms with E-state index in [0.29, 0.717) is 12.2 Å². The largest absolute Gasteiger partial charge is 0.496 e. The molecule has 0 saturated heterocycles. The average Bonchev–Trinajstić information content (AvgIpc) is 3.16. The molecule has 4 rings (SSSR count). The molecule has 1 aliphatic heterocycles. The van der Waals surface area contributed by atoms with Crippen LogP contribution in [-0.2, 0) is 16.2 Å². The van der Waals surface area contributed by atoms with Gasteiger partial charge < -0.3 is 14.5 Å². The summed E-state index contributed by atoms with van der Waals surface area (Å²) in [5.74, 6) is -0.637. The Bertz CT molecular complexity index is 959. The van der Waals surface area contributed by atoms with Gasteiger partial charge in [-0.3, -0.25) is 4.79 Å². The summed E-state index contributed by atoms with van der Waals surface area (Å²) < 4.78 is 32.9. The molecule has 1 heterocycles. The fourth-order valence-corrected chi connectivity index (χ4v) is 3.82. The third-order valence-corrected chi connectivity index (χ3v) is 5.72. The van der Waals surface area contributed by atoms with Crippen LogP contribution in [0.1, 0.15) is 36.8 Å². The second-order valence-electron chi connectivity index (χ2n) is 7.75. The van der Waals surface area contributed by atoms with E-state index in [0.717, 1.165) is 36.6 Å². The standard InChI is InChI=1S/C23H24F2N2O3/c1-29-22-8-3-2-7-19(22)21-12-18(30-26-21)14-27(23(28)15-5-4-6-15)13-16-9-10-17(24)11-20(16)25/h2-3,7-11,15,18H,4-6,12-14H2,1H3/t18-/m0/s1. The molecule has 0 unspecified atom stereocenters. The lowest BCUT2D eigenvalue weighted by atomic mass is 9.84. The summed E-state index contributed by atoms with van der Waals surface area (Å²) in [6.45, 7) is 0.361. The Morgan fingerprint density at radius 1 is 1.23 bits per heavy atom. The Hall–Kier alpha value is -2.96. The molecule has 158 valence electrons. The fraction of sp³-hybridized carbons (Fsp3) is 0.391. The molecule has 7 heteroatoms. The van der Waals surface area contributed by atoms with Crippen LogP contribution in [0.3, 0.4) is 0 Å². The number of oxime groups is 1. The minimum atomic E-state index is -0.653. The fourth-order valence-electron chi connectivity index (χ4n) is 3.82. The van der Waals surface area contributed by atoms with Gasteiger partial charge in [0.1, 0.15) is 17.4 Å². The Morgan fingerprint density at radius 3 is 2.73 bits per heavy atom. The van der Waals surface area contributed by atoms with Gasteiger partial charge in [0.25, 0.3) is 0 Å². The molecule has 2 aromatic rings. The SMILES string of the molecule is COc1ccccc1C1=NO[C@H](CN(Cc2ccc(F)cc2F)C(=O)C2CCC2)C1. The maximum atomic E-state index is 14.2. The number of carbonyl (C=O) groups is 1. The van der Waals surface area contributed by atoms with Crippen LogP contribution in [0.4, 0.5) is 8.78 Å². The van der Waals surface area contributed by atoms with E-state index in [-0.39, 0.29) is 36.6 Å². The van der Waals surface area contributed by atoms with Crippen LogP contribution in [0.15, 0.2) is 47.6 Å². The van der Waals surface area contributed by atoms with Crippen molar-refractivity contribution in [3.8, 4) is 5.75 Å². The van der Waals surface area contributed by atoms with Gasteiger partial charge >= 0.3 is 0 Å². The smallest absolute Gasteiger partial charge is 0.226 e. The van der Waals surface area contributed by atoms with Gasteiger partial charge in [-0.2, -0.15) is 0 Å². The molecule has 1 aliphatic carbocycles. The zero-order chi connectivity index (χ0) is 21.1. The van der Waals surface area contributed by atoms with Crippen LogP contribution < -0.4 is 4.74 Å². The number of hydrogen-bond donors (Lipinski definition) is 0. The van der Waals surface area contributed by atoms with Crippen molar-refractivity contribution in [2.75, 3.05) is 13.7 Å². The monoisotopic (exact) mass is 414 g/mol. The van der Waals surface area contributed by atoms with Crippen LogP contribution >= 0.6 is 0 Å². The van der Waals surface area contributed by atoms with E-state index in [1.807, 2.05) is 24.3 Å². The number of carbonyl (C=O) groups excluding carboxylic acids is 1. The lowest BCUT2D eigenvalue weighted by Gasteiger charge is -2.32. The summed E-state index contributed by atoms with van der Waals surface area (Å²) in [7, 11) is 1.60. The van der Waals surface area contributed by atoms with Crippen molar-refractivity contribution in [2.24, 2.45) is 11.1 Å². The molecule has 1 amide bonds. The Labute approximate surface area is 174 Å². The van der Waals surface area contributed by atoms with Crippen molar-refractivity contribution < 1.29 is 23.1 Å². The van der Waals surface area contributed by atoms with Crippen LogP contribution in [0.2, 0.25) is 0 Å². The highest BCUT2D eigenvalue weighted by molar-refractivity contribution is 6.03. The molecular formula is C23H24F2N2O3. The first-order valence-electron chi connectivity index (χ1n) is 10.1. The van der Waals surface area contributed by atoms with Crippen LogP contribution in [-0.4, -0.2) is 36.3 Å². The summed E-state index contributed by atoms with van der Waals surface area (Å²) in [6.07, 6.45) is 2.89. The van der Waals surface area contributed by atoms with Gasteiger partial charge in [0.15, 0.2) is 6.10 Å². The maximum absolute atomic E-state index is 14.2. The van der Waals surface area contributed by atoms with E-state index in [1.54, 1.807) is 12.0 Å². The topological polar surface area (TPSA) is 51.1 Å². The van der Waals surface area contributed by atoms with Crippen molar-refractivity contribution >= 4 is 11.6 Å². The van der Waals surface area contributed by atoms with E-state index < -0.39 is 11.6 Å². The van der Waals surface area contributed by atoms with E-state index in [2.05, 4.69) is 5.16 Å². The van der Waals surface area contributed by atoms with Crippen molar-refractivity contribution in [1.82, 2.24) is 4.90 Å². The molecule has 5 nitrogen and oxygen atoms in total. The molecular weight excluding hydrogens is 390 g/mol. The van der Waals surface area contributed by atoms with E-state index in [9.17, 15) is 13.6 Å². The summed E-state index contributed by atoms with van der Waals surface area (Å²) in [5.41, 5.74) is 1.89. The summed E-state index contributed by atoms with van der Waals surface area (Å²) in [6, 6.07) is 11.0. The van der Waals surface area contributed by atoms with Gasteiger partial charge in [0.2, 0.25) is 5.91 Å². The first kappa shape index (κ1) is 20.3. The second kappa shape index (κ2) is 8.81. The average molecular weight is 414 g/mol. The van der Waals surface area contributed by atoms with E-state index >= 15 is 0 Å². The van der Waals surface area contributed by atoms with Crippen LogP contribution in [0, 0.1) is 17.6 Å². The highest BCUT2D eigenvalue weighted by Gasteiger charge is 2.33. The summed E-state index contributed by atoms with van der Waals surface area (Å²) in [5, 5.41) is 4.20.